The van der Waals surface area contributed by atoms with E-state index in [0.29, 0.717) is 0 Å². The van der Waals surface area contributed by atoms with Gasteiger partial charge in [0.2, 0.25) is 0 Å². The van der Waals surface area contributed by atoms with Crippen molar-refractivity contribution in [2.45, 2.75) is 5.25 Å². The Morgan fingerprint density at radius 2 is 1.90 bits per heavy atom. The minimum absolute atomic E-state index is 0.888. The standard InChI is InChI=1S/C3H6S2.C2H6S2.Sn/c4-3-1-5-2-3;3-1-2-4;/h3-4H,1-2H2;3-4H,1-2H2;/q;;+3/p-3. The van der Waals surface area contributed by atoms with Crippen LogP contribution >= 0.6 is 38.6 Å². The van der Waals surface area contributed by atoms with Gasteiger partial charge in [-0.25, -0.2) is 0 Å². The van der Waals surface area contributed by atoms with Crippen LogP contribution in [0.5, 0.6) is 0 Å². The van der Waals surface area contributed by atoms with Crippen molar-refractivity contribution in [3.63, 3.8) is 0 Å². The average Bonchev–Trinajstić information content (AvgIpc) is 2.29. The molecule has 0 spiro atoms. The molecule has 0 N–H and O–H groups in total. The van der Waals surface area contributed by atoms with E-state index in [1.165, 1.54) is 23.0 Å². The minimum atomic E-state index is -0.888. The summed E-state index contributed by atoms with van der Waals surface area (Å²) in [4.78, 5) is 0. The van der Waals surface area contributed by atoms with Crippen LogP contribution in [0, 0.1) is 0 Å². The molecule has 0 bridgehead atoms. The molecule has 10 heavy (non-hydrogen) atoms. The third kappa shape index (κ3) is 2.34. The second kappa shape index (κ2) is 4.44. The fourth-order valence-corrected chi connectivity index (χ4v) is 35.3. The number of hydrogen-bond acceptors (Lipinski definition) is 4. The Bertz CT molecular complexity index is 110. The molecule has 0 aliphatic carbocycles. The molecule has 0 nitrogen and oxygen atoms in total. The predicted molar refractivity (Wildman–Crippen MR) is 59.4 cm³/mol. The zero-order chi connectivity index (χ0) is 6.81. The summed E-state index contributed by atoms with van der Waals surface area (Å²) in [6.07, 6.45) is 0. The van der Waals surface area contributed by atoms with Crippen molar-refractivity contribution in [2.24, 2.45) is 0 Å². The molecule has 2 heterocycles. The second-order valence-corrected chi connectivity index (χ2v) is 27.4. The molecule has 0 atom stereocenters. The van der Waals surface area contributed by atoms with E-state index in [1.54, 1.807) is 0 Å². The fourth-order valence-electron chi connectivity index (χ4n) is 0.778. The summed E-state index contributed by atoms with van der Waals surface area (Å²) in [6, 6.07) is 0. The second-order valence-electron chi connectivity index (χ2n) is 2.22. The van der Waals surface area contributed by atoms with Crippen LogP contribution in [0.2, 0.25) is 0 Å². The van der Waals surface area contributed by atoms with Gasteiger partial charge in [0.1, 0.15) is 0 Å². The van der Waals surface area contributed by atoms with Crippen LogP contribution in [0.1, 0.15) is 0 Å². The van der Waals surface area contributed by atoms with Crippen molar-refractivity contribution in [2.75, 3.05) is 23.0 Å². The van der Waals surface area contributed by atoms with Crippen molar-refractivity contribution in [3.8, 4) is 0 Å². The Balaban J connectivity index is 1.68. The molecule has 0 unspecified atom stereocenters. The first-order valence-corrected chi connectivity index (χ1v) is 17.8. The third-order valence-electron chi connectivity index (χ3n) is 1.39. The van der Waals surface area contributed by atoms with E-state index >= 15 is 0 Å². The quantitative estimate of drug-likeness (QED) is 0.717. The topological polar surface area (TPSA) is 0 Å². The molecule has 0 aromatic rings. The first kappa shape index (κ1) is 8.78. The van der Waals surface area contributed by atoms with Gasteiger partial charge in [-0.05, 0) is 0 Å². The number of rotatable bonds is 2. The van der Waals surface area contributed by atoms with E-state index in [1.807, 2.05) is 0 Å². The van der Waals surface area contributed by atoms with E-state index < -0.39 is 15.6 Å². The van der Waals surface area contributed by atoms with Gasteiger partial charge in [-0.1, -0.05) is 0 Å². The van der Waals surface area contributed by atoms with Gasteiger partial charge in [-0.3, -0.25) is 0 Å². The molecule has 2 aliphatic heterocycles. The van der Waals surface area contributed by atoms with Crippen molar-refractivity contribution < 1.29 is 0 Å². The van der Waals surface area contributed by atoms with Gasteiger partial charge < -0.3 is 0 Å². The monoisotopic (exact) mass is 317 g/mol. The van der Waals surface area contributed by atoms with Gasteiger partial charge in [0.25, 0.3) is 0 Å². The molecule has 2 aliphatic rings. The molecule has 2 fully saturated rings. The molecule has 2 saturated heterocycles. The Hall–Kier alpha value is 2.20. The van der Waals surface area contributed by atoms with Crippen molar-refractivity contribution in [3.05, 3.63) is 0 Å². The van der Waals surface area contributed by atoms with Crippen molar-refractivity contribution in [1.82, 2.24) is 0 Å². The zero-order valence-corrected chi connectivity index (χ0v) is 11.7. The Morgan fingerprint density at radius 1 is 1.20 bits per heavy atom. The van der Waals surface area contributed by atoms with Crippen LogP contribution < -0.4 is 0 Å². The van der Waals surface area contributed by atoms with Gasteiger partial charge in [-0.2, -0.15) is 0 Å². The molecule has 0 saturated carbocycles. The predicted octanol–water partition coefficient (Wildman–Crippen LogP) is 2.30. The first-order valence-electron chi connectivity index (χ1n) is 3.32. The van der Waals surface area contributed by atoms with Gasteiger partial charge in [0, 0.05) is 0 Å². The molecule has 0 aromatic carbocycles. The summed E-state index contributed by atoms with van der Waals surface area (Å²) in [6.45, 7) is 0. The van der Waals surface area contributed by atoms with Crippen molar-refractivity contribution in [1.29, 1.82) is 0 Å². The Kier molecular flexibility index (Phi) is 3.90. The van der Waals surface area contributed by atoms with Gasteiger partial charge >= 0.3 is 82.5 Å². The van der Waals surface area contributed by atoms with Crippen LogP contribution in [-0.4, -0.2) is 43.9 Å². The maximum absolute atomic E-state index is 2.40. The number of hydrogen-bond donors (Lipinski definition) is 0. The Morgan fingerprint density at radius 3 is 2.40 bits per heavy atom. The number of thioether (sulfide) groups is 1. The van der Waals surface area contributed by atoms with Crippen LogP contribution in [0.25, 0.3) is 0 Å². The van der Waals surface area contributed by atoms with Crippen LogP contribution in [-0.2, 0) is 0 Å². The van der Waals surface area contributed by atoms with Crippen LogP contribution in [0.15, 0.2) is 0 Å². The third-order valence-corrected chi connectivity index (χ3v) is 30.9. The van der Waals surface area contributed by atoms with Gasteiger partial charge in [0.05, 0.1) is 0 Å². The molecule has 0 amide bonds. The Labute approximate surface area is 81.5 Å². The molecule has 5 heteroatoms. The normalized spacial score (nSPS) is 28.8. The molecule has 2 rings (SSSR count). The summed E-state index contributed by atoms with van der Waals surface area (Å²) in [7, 11) is 7.06. The summed E-state index contributed by atoms with van der Waals surface area (Å²) < 4.78 is 0. The van der Waals surface area contributed by atoms with Crippen LogP contribution in [0.4, 0.5) is 0 Å². The maximum atomic E-state index is 2.40. The fraction of sp³-hybridized carbons (Fsp3) is 1.00. The molecular formula is C5H9S4Sn. The van der Waals surface area contributed by atoms with Crippen LogP contribution in [0.3, 0.4) is 0 Å². The van der Waals surface area contributed by atoms with E-state index in [2.05, 4.69) is 38.6 Å². The zero-order valence-electron chi connectivity index (χ0n) is 5.54. The van der Waals surface area contributed by atoms with Gasteiger partial charge in [-0.15, -0.1) is 0 Å². The summed E-state index contributed by atoms with van der Waals surface area (Å²) in [5.74, 6) is 5.84. The van der Waals surface area contributed by atoms with Crippen molar-refractivity contribution >= 4 is 54.2 Å². The molecule has 1 radical (unpaired) electrons. The van der Waals surface area contributed by atoms with E-state index in [4.69, 9.17) is 0 Å². The molecular weight excluding hydrogens is 307 g/mol. The van der Waals surface area contributed by atoms with E-state index in [-0.39, 0.29) is 0 Å². The molecule has 0 aromatic heterocycles. The van der Waals surface area contributed by atoms with E-state index in [0.717, 1.165) is 5.25 Å². The summed E-state index contributed by atoms with van der Waals surface area (Å²) >= 11 is 1.23. The molecule has 57 valence electrons. The SMILES string of the molecule is C1C[S][Sn]([S]C2CSC2)[S]1. The summed E-state index contributed by atoms with van der Waals surface area (Å²) in [5, 5.41) is 1.08. The van der Waals surface area contributed by atoms with Gasteiger partial charge in [0.15, 0.2) is 0 Å². The average molecular weight is 316 g/mol. The first-order chi connectivity index (χ1) is 4.95. The van der Waals surface area contributed by atoms with E-state index in [9.17, 15) is 0 Å². The summed E-state index contributed by atoms with van der Waals surface area (Å²) in [5.41, 5.74) is 0.